The lowest BCUT2D eigenvalue weighted by Crippen LogP contribution is -3.00. The lowest BCUT2D eigenvalue weighted by Gasteiger charge is -2.22. The molecule has 180 valence electrons. The summed E-state index contributed by atoms with van der Waals surface area (Å²) in [7, 11) is 6.64. The van der Waals surface area contributed by atoms with Gasteiger partial charge in [0.15, 0.2) is 0 Å². The summed E-state index contributed by atoms with van der Waals surface area (Å²) in [6.07, 6.45) is 21.5. The molecule has 0 rings (SSSR count). The van der Waals surface area contributed by atoms with E-state index in [1.54, 1.807) is 0 Å². The molecule has 0 aromatic rings. The van der Waals surface area contributed by atoms with Gasteiger partial charge >= 0.3 is 5.97 Å². The minimum Gasteiger partial charge on any atom is -1.00 e. The number of carbonyl (C=O) groups is 1. The quantitative estimate of drug-likeness (QED) is 0.262. The van der Waals surface area contributed by atoms with E-state index in [0.29, 0.717) is 6.42 Å². The van der Waals surface area contributed by atoms with Gasteiger partial charge in [0.05, 0.1) is 27.7 Å². The van der Waals surface area contributed by atoms with Crippen molar-refractivity contribution in [3.8, 4) is 0 Å². The normalized spacial score (nSPS) is 10.4. The highest BCUT2D eigenvalue weighted by Crippen LogP contribution is 2.13. The monoisotopic (exact) mass is 439 g/mol. The van der Waals surface area contributed by atoms with Crippen LogP contribution in [-0.4, -0.2) is 48.7 Å². The average Bonchev–Trinajstić information content (AvgIpc) is 2.57. The van der Waals surface area contributed by atoms with Crippen LogP contribution < -0.4 is 12.4 Å². The smallest absolute Gasteiger partial charge is 0.303 e. The van der Waals surface area contributed by atoms with Crippen molar-refractivity contribution in [2.75, 3.05) is 27.7 Å². The molecule has 0 aliphatic carbocycles. The maximum absolute atomic E-state index is 10.3. The second-order valence-electron chi connectivity index (χ2n) is 9.11. The third-order valence-electron chi connectivity index (χ3n) is 4.89. The summed E-state index contributed by atoms with van der Waals surface area (Å²) < 4.78 is 1.09. The number of rotatable bonds is 18. The van der Waals surface area contributed by atoms with E-state index < -0.39 is 5.97 Å². The molecule has 0 saturated carbocycles. The standard InChI is InChI=1S/C18H36O2.C6H16N.ClH.H2O/c1-2-3-4-5-6-7-8-9-10-11-12-13-14-15-16-17-18(19)20;1-5-6-7(2,3)4;;/h2-17H2,1H3,(H,19,20);5-6H2,1-4H3;1H;1H2/q;+1;;/p-1. The Bertz CT molecular complexity index is 307. The zero-order valence-electron chi connectivity index (χ0n) is 20.4. The topological polar surface area (TPSA) is 68.8 Å². The van der Waals surface area contributed by atoms with E-state index in [9.17, 15) is 4.79 Å². The van der Waals surface area contributed by atoms with Crippen LogP contribution in [0.2, 0.25) is 0 Å². The summed E-state index contributed by atoms with van der Waals surface area (Å²) in [5, 5.41) is 8.52. The molecule has 0 saturated heterocycles. The molecule has 0 aromatic heterocycles. The zero-order valence-corrected chi connectivity index (χ0v) is 21.2. The average molecular weight is 440 g/mol. The molecule has 0 amide bonds. The molecule has 0 unspecified atom stereocenters. The van der Waals surface area contributed by atoms with Crippen LogP contribution in [0.4, 0.5) is 0 Å². The first kappa shape index (κ1) is 36.1. The lowest BCUT2D eigenvalue weighted by atomic mass is 10.0. The molecular weight excluding hydrogens is 386 g/mol. The van der Waals surface area contributed by atoms with Gasteiger partial charge in [-0.3, -0.25) is 4.79 Å². The highest BCUT2D eigenvalue weighted by molar-refractivity contribution is 5.66. The van der Waals surface area contributed by atoms with Gasteiger partial charge in [0.2, 0.25) is 0 Å². The predicted molar refractivity (Wildman–Crippen MR) is 124 cm³/mol. The second kappa shape index (κ2) is 27.7. The first-order valence-corrected chi connectivity index (χ1v) is 11.9. The summed E-state index contributed by atoms with van der Waals surface area (Å²) in [6.45, 7) is 5.76. The molecule has 0 heterocycles. The molecule has 0 fully saturated rings. The third kappa shape index (κ3) is 42.7. The van der Waals surface area contributed by atoms with E-state index in [2.05, 4.69) is 35.0 Å². The Morgan fingerprint density at radius 3 is 1.14 bits per heavy atom. The van der Waals surface area contributed by atoms with Crippen LogP contribution in [0, 0.1) is 0 Å². The van der Waals surface area contributed by atoms with Crippen molar-refractivity contribution in [3.05, 3.63) is 0 Å². The van der Waals surface area contributed by atoms with Crippen LogP contribution >= 0.6 is 0 Å². The van der Waals surface area contributed by atoms with Crippen LogP contribution in [0.15, 0.2) is 0 Å². The zero-order chi connectivity index (χ0) is 20.8. The summed E-state index contributed by atoms with van der Waals surface area (Å²) in [5.74, 6) is -0.653. The molecule has 0 aliphatic rings. The van der Waals surface area contributed by atoms with Gasteiger partial charge in [0.1, 0.15) is 0 Å². The molecule has 0 aliphatic heterocycles. The fourth-order valence-corrected chi connectivity index (χ4v) is 3.32. The Kier molecular flexibility index (Phi) is 34.4. The molecule has 29 heavy (non-hydrogen) atoms. The number of aliphatic carboxylic acids is 1. The number of carboxylic acid groups (broad SMARTS) is 1. The van der Waals surface area contributed by atoms with Crippen LogP contribution in [0.3, 0.4) is 0 Å². The SMILES string of the molecule is CCCCCCCCCCCCCCCCCC(=O)O.CCC[N+](C)(C)C.O.[Cl-]. The van der Waals surface area contributed by atoms with Gasteiger partial charge < -0.3 is 27.5 Å². The van der Waals surface area contributed by atoms with Gasteiger partial charge in [-0.2, -0.15) is 0 Å². The van der Waals surface area contributed by atoms with Crippen molar-refractivity contribution in [2.45, 2.75) is 123 Å². The van der Waals surface area contributed by atoms with Gasteiger partial charge in [-0.25, -0.2) is 0 Å². The highest BCUT2D eigenvalue weighted by Gasteiger charge is 2.01. The maximum atomic E-state index is 10.3. The molecule has 4 nitrogen and oxygen atoms in total. The molecule has 3 N–H and O–H groups in total. The Morgan fingerprint density at radius 1 is 0.621 bits per heavy atom. The first-order valence-electron chi connectivity index (χ1n) is 11.9. The van der Waals surface area contributed by atoms with Crippen molar-refractivity contribution in [1.82, 2.24) is 0 Å². The van der Waals surface area contributed by atoms with E-state index in [1.807, 2.05) is 0 Å². The minimum atomic E-state index is -0.653. The van der Waals surface area contributed by atoms with Gasteiger partial charge in [0.25, 0.3) is 0 Å². The molecule has 5 heteroatoms. The molecule has 0 bridgehead atoms. The highest BCUT2D eigenvalue weighted by atomic mass is 35.5. The first-order chi connectivity index (χ1) is 12.8. The van der Waals surface area contributed by atoms with Crippen molar-refractivity contribution < 1.29 is 32.3 Å². The molecule has 0 radical (unpaired) electrons. The predicted octanol–water partition coefficient (Wildman–Crippen LogP) is 3.61. The number of quaternary nitrogens is 1. The van der Waals surface area contributed by atoms with Crippen LogP contribution in [0.1, 0.15) is 123 Å². The van der Waals surface area contributed by atoms with Gasteiger partial charge in [0, 0.05) is 6.42 Å². The summed E-state index contributed by atoms with van der Waals surface area (Å²) >= 11 is 0. The number of hydrogen-bond donors (Lipinski definition) is 1. The Balaban J connectivity index is -0.000000298. The molecule has 0 aromatic carbocycles. The van der Waals surface area contributed by atoms with Crippen molar-refractivity contribution in [3.63, 3.8) is 0 Å². The summed E-state index contributed by atoms with van der Waals surface area (Å²) in [6, 6.07) is 0. The number of hydrogen-bond acceptors (Lipinski definition) is 1. The number of unbranched alkanes of at least 4 members (excludes halogenated alkanes) is 14. The minimum absolute atomic E-state index is 0. The van der Waals surface area contributed by atoms with E-state index in [1.165, 1.54) is 96.4 Å². The van der Waals surface area contributed by atoms with Crippen LogP contribution in [0.25, 0.3) is 0 Å². The van der Waals surface area contributed by atoms with E-state index in [-0.39, 0.29) is 17.9 Å². The molecular formula is C24H54ClNO3. The Hall–Kier alpha value is -0.320. The Labute approximate surface area is 189 Å². The van der Waals surface area contributed by atoms with Crippen molar-refractivity contribution in [1.29, 1.82) is 0 Å². The largest absolute Gasteiger partial charge is 1.00 e. The fourth-order valence-electron chi connectivity index (χ4n) is 3.32. The molecule has 0 spiro atoms. The number of halogens is 1. The lowest BCUT2D eigenvalue weighted by molar-refractivity contribution is -0.870. The van der Waals surface area contributed by atoms with Crippen molar-refractivity contribution >= 4 is 5.97 Å². The van der Waals surface area contributed by atoms with Crippen LogP contribution in [-0.2, 0) is 4.79 Å². The van der Waals surface area contributed by atoms with Crippen molar-refractivity contribution in [2.24, 2.45) is 0 Å². The number of carboxylic acids is 1. The number of nitrogens with zero attached hydrogens (tertiary/aromatic N) is 1. The maximum Gasteiger partial charge on any atom is 0.303 e. The Morgan fingerprint density at radius 2 is 0.931 bits per heavy atom. The van der Waals surface area contributed by atoms with Gasteiger partial charge in [-0.1, -0.05) is 104 Å². The summed E-state index contributed by atoms with van der Waals surface area (Å²) in [4.78, 5) is 10.3. The van der Waals surface area contributed by atoms with Crippen LogP contribution in [0.5, 0.6) is 0 Å². The third-order valence-corrected chi connectivity index (χ3v) is 4.89. The fraction of sp³-hybridized carbons (Fsp3) is 0.958. The van der Waals surface area contributed by atoms with Gasteiger partial charge in [-0.15, -0.1) is 0 Å². The molecule has 0 atom stereocenters. The second-order valence-corrected chi connectivity index (χ2v) is 9.11. The van der Waals surface area contributed by atoms with E-state index in [0.717, 1.165) is 17.3 Å². The summed E-state index contributed by atoms with van der Waals surface area (Å²) in [5.41, 5.74) is 0. The van der Waals surface area contributed by atoms with E-state index in [4.69, 9.17) is 5.11 Å². The van der Waals surface area contributed by atoms with Gasteiger partial charge in [-0.05, 0) is 12.8 Å². The van der Waals surface area contributed by atoms with E-state index >= 15 is 0 Å².